The van der Waals surface area contributed by atoms with Crippen LogP contribution in [0.1, 0.15) is 181 Å². The van der Waals surface area contributed by atoms with Crippen molar-refractivity contribution >= 4 is 23.9 Å². The van der Waals surface area contributed by atoms with Gasteiger partial charge in [0.2, 0.25) is 0 Å². The Balaban J connectivity index is 0.943. The van der Waals surface area contributed by atoms with Crippen molar-refractivity contribution in [3.05, 3.63) is 0 Å². The molecule has 0 heterocycles. The van der Waals surface area contributed by atoms with Crippen LogP contribution < -0.4 is 0 Å². The van der Waals surface area contributed by atoms with E-state index in [1.165, 1.54) is 12.8 Å². The molecule has 0 radical (unpaired) electrons. The Morgan fingerprint density at radius 3 is 1.12 bits per heavy atom. The van der Waals surface area contributed by atoms with E-state index in [1.807, 2.05) is 0 Å². The van der Waals surface area contributed by atoms with E-state index in [0.29, 0.717) is 43.3 Å². The summed E-state index contributed by atoms with van der Waals surface area (Å²) < 4.78 is 25.8. The van der Waals surface area contributed by atoms with Crippen LogP contribution in [0.4, 0.5) is 0 Å². The topological polar surface area (TPSA) is 105 Å². The van der Waals surface area contributed by atoms with Gasteiger partial charge in [-0.1, -0.05) is 52.4 Å². The van der Waals surface area contributed by atoms with E-state index in [2.05, 4.69) is 13.8 Å². The van der Waals surface area contributed by atoms with Crippen LogP contribution in [0.5, 0.6) is 0 Å². The van der Waals surface area contributed by atoms with Crippen LogP contribution >= 0.6 is 0 Å². The molecule has 0 spiro atoms. The zero-order valence-electron chi connectivity index (χ0n) is 34.8. The fourth-order valence-electron chi connectivity index (χ4n) is 16.2. The minimum atomic E-state index is -0.802. The highest BCUT2D eigenvalue weighted by Gasteiger charge is 2.69. The van der Waals surface area contributed by atoms with Crippen LogP contribution in [0, 0.1) is 70.0 Å². The molecule has 12 fully saturated rings. The summed E-state index contributed by atoms with van der Waals surface area (Å²) >= 11 is 0. The summed E-state index contributed by atoms with van der Waals surface area (Å²) in [5.74, 6) is 3.31. The summed E-state index contributed by atoms with van der Waals surface area (Å²) in [6.07, 6.45) is 24.1. The Kier molecular flexibility index (Phi) is 10.9. The Labute approximate surface area is 336 Å². The van der Waals surface area contributed by atoms with Gasteiger partial charge in [0.1, 0.15) is 11.2 Å². The number of esters is 4. The van der Waals surface area contributed by atoms with Crippen LogP contribution in [0.3, 0.4) is 0 Å². The van der Waals surface area contributed by atoms with Gasteiger partial charge < -0.3 is 18.9 Å². The first kappa shape index (κ1) is 39.3. The number of unbranched alkanes of at least 4 members (excludes halogenated alkanes) is 6. The van der Waals surface area contributed by atoms with Gasteiger partial charge in [-0.15, -0.1) is 0 Å². The summed E-state index contributed by atoms with van der Waals surface area (Å²) in [6.45, 7) is 5.23. The summed E-state index contributed by atoms with van der Waals surface area (Å²) in [7, 11) is 0. The maximum atomic E-state index is 15.2. The second-order valence-electron chi connectivity index (χ2n) is 21.7. The molecule has 0 N–H and O–H groups in total. The van der Waals surface area contributed by atoms with Gasteiger partial charge in [-0.05, 0) is 151 Å². The van der Waals surface area contributed by atoms with Crippen LogP contribution in [0.2, 0.25) is 0 Å². The maximum absolute atomic E-state index is 15.2. The van der Waals surface area contributed by atoms with Crippen LogP contribution in [0.15, 0.2) is 0 Å². The Morgan fingerprint density at radius 2 is 0.786 bits per heavy atom. The van der Waals surface area contributed by atoms with E-state index in [-0.39, 0.29) is 72.2 Å². The van der Waals surface area contributed by atoms with E-state index in [9.17, 15) is 9.59 Å². The van der Waals surface area contributed by atoms with Crippen molar-refractivity contribution in [2.24, 2.45) is 70.0 Å². The molecule has 0 aromatic carbocycles. The number of carbonyl (C=O) groups excluding carboxylic acids is 4. The van der Waals surface area contributed by atoms with Crippen molar-refractivity contribution in [3.8, 4) is 0 Å². The molecule has 0 atom stereocenters. The SMILES string of the molecule is CCCCCCOC(=O)CC1(OC(=O)C23CC4CC(C2)CC(C(=O)OC2(CC(=O)OCCCCCC)C5CC6CC(C5)CC2C6)(C4)C3)C2CC3CC(C2)CC1C3. The van der Waals surface area contributed by atoms with E-state index < -0.39 is 22.0 Å². The van der Waals surface area contributed by atoms with Crippen molar-refractivity contribution in [2.75, 3.05) is 13.2 Å². The fraction of sp³-hybridized carbons (Fsp3) is 0.917. The molecule has 0 aromatic rings. The first-order chi connectivity index (χ1) is 27.1. The summed E-state index contributed by atoms with van der Waals surface area (Å²) in [6, 6.07) is 0. The van der Waals surface area contributed by atoms with Crippen molar-refractivity contribution in [1.82, 2.24) is 0 Å². The van der Waals surface area contributed by atoms with Gasteiger partial charge in [-0.3, -0.25) is 19.2 Å². The van der Waals surface area contributed by atoms with E-state index in [1.54, 1.807) is 0 Å². The second-order valence-corrected chi connectivity index (χ2v) is 21.7. The molecule has 12 saturated carbocycles. The lowest BCUT2D eigenvalue weighted by Crippen LogP contribution is -2.65. The zero-order valence-corrected chi connectivity index (χ0v) is 34.8. The summed E-state index contributed by atoms with van der Waals surface area (Å²) in [4.78, 5) is 57.6. The highest BCUT2D eigenvalue weighted by Crippen LogP contribution is 2.69. The predicted molar refractivity (Wildman–Crippen MR) is 211 cm³/mol. The third-order valence-corrected chi connectivity index (χ3v) is 17.9. The number of carbonyl (C=O) groups is 4. The van der Waals surface area contributed by atoms with Crippen LogP contribution in [-0.2, 0) is 38.1 Å². The van der Waals surface area contributed by atoms with Gasteiger partial charge in [-0.25, -0.2) is 0 Å². The average Bonchev–Trinajstić information content (AvgIpc) is 3.14. The molecule has 0 aromatic heterocycles. The fourth-order valence-corrected chi connectivity index (χ4v) is 16.2. The Hall–Kier alpha value is -2.12. The minimum absolute atomic E-state index is 0.150. The minimum Gasteiger partial charge on any atom is -0.466 e. The molecule has 0 amide bonds. The smallest absolute Gasteiger partial charge is 0.312 e. The van der Waals surface area contributed by atoms with Crippen molar-refractivity contribution < 1.29 is 38.1 Å². The molecule has 12 bridgehead atoms. The lowest BCUT2D eigenvalue weighted by atomic mass is 9.44. The normalized spacial score (nSPS) is 44.5. The largest absolute Gasteiger partial charge is 0.466 e. The van der Waals surface area contributed by atoms with E-state index in [4.69, 9.17) is 18.9 Å². The van der Waals surface area contributed by atoms with E-state index in [0.717, 1.165) is 135 Å². The molecule has 0 unspecified atom stereocenters. The Morgan fingerprint density at radius 1 is 0.446 bits per heavy atom. The van der Waals surface area contributed by atoms with Gasteiger partial charge >= 0.3 is 23.9 Å². The highest BCUT2D eigenvalue weighted by molar-refractivity contribution is 5.84. The van der Waals surface area contributed by atoms with Crippen LogP contribution in [-0.4, -0.2) is 48.3 Å². The first-order valence-corrected chi connectivity index (χ1v) is 23.8. The van der Waals surface area contributed by atoms with Crippen molar-refractivity contribution in [3.63, 3.8) is 0 Å². The van der Waals surface area contributed by atoms with Gasteiger partial charge in [0.05, 0.1) is 36.9 Å². The second kappa shape index (κ2) is 15.5. The number of hydrogen-bond donors (Lipinski definition) is 0. The quantitative estimate of drug-likeness (QED) is 0.0770. The molecule has 56 heavy (non-hydrogen) atoms. The molecule has 8 heteroatoms. The lowest BCUT2D eigenvalue weighted by molar-refractivity contribution is -0.244. The monoisotopic (exact) mass is 777 g/mol. The number of rotatable bonds is 18. The molecule has 312 valence electrons. The lowest BCUT2D eigenvalue weighted by Gasteiger charge is -2.63. The molecule has 0 aliphatic heterocycles. The third kappa shape index (κ3) is 7.06. The first-order valence-electron chi connectivity index (χ1n) is 23.8. The van der Waals surface area contributed by atoms with Gasteiger partial charge in [0.15, 0.2) is 0 Å². The molecule has 0 saturated heterocycles. The van der Waals surface area contributed by atoms with Gasteiger partial charge in [0, 0.05) is 23.7 Å². The number of ether oxygens (including phenoxy) is 4. The highest BCUT2D eigenvalue weighted by atomic mass is 16.6. The molecule has 12 aliphatic carbocycles. The van der Waals surface area contributed by atoms with Crippen molar-refractivity contribution in [2.45, 2.75) is 192 Å². The molecular formula is C48H72O8. The molecule has 8 nitrogen and oxygen atoms in total. The van der Waals surface area contributed by atoms with Gasteiger partial charge in [0.25, 0.3) is 0 Å². The summed E-state index contributed by atoms with van der Waals surface area (Å²) in [5, 5.41) is 0. The zero-order chi connectivity index (χ0) is 38.7. The third-order valence-electron chi connectivity index (χ3n) is 17.9. The predicted octanol–water partition coefficient (Wildman–Crippen LogP) is 10.1. The van der Waals surface area contributed by atoms with E-state index >= 15 is 9.59 Å². The van der Waals surface area contributed by atoms with Gasteiger partial charge in [-0.2, -0.15) is 0 Å². The van der Waals surface area contributed by atoms with Crippen LogP contribution in [0.25, 0.3) is 0 Å². The standard InChI is InChI=1S/C48H72O8/c1-3-5-7-9-11-53-41(49)28-47(37-16-31-13-32(18-37)19-38(47)17-31)55-43(51)45-24-35-15-36(25-45)27-46(26-35,30-45)44(52)56-48(29-42(50)54-12-10-8-6-4-2)39-20-33-14-34(22-39)23-40(48)21-33/h31-40H,3-30H2,1-2H3. The Bertz CT molecular complexity index is 1320. The molecule has 12 rings (SSSR count). The molecular weight excluding hydrogens is 705 g/mol. The van der Waals surface area contributed by atoms with Crippen molar-refractivity contribution in [1.29, 1.82) is 0 Å². The number of hydrogen-bond acceptors (Lipinski definition) is 8. The summed E-state index contributed by atoms with van der Waals surface area (Å²) in [5.41, 5.74) is -3.07. The maximum Gasteiger partial charge on any atom is 0.312 e. The molecule has 12 aliphatic rings. The average molecular weight is 777 g/mol.